The maximum absolute atomic E-state index is 12.7. The second kappa shape index (κ2) is 6.94. The van der Waals surface area contributed by atoms with Crippen molar-refractivity contribution in [2.24, 2.45) is 0 Å². The minimum atomic E-state index is -0.253. The average Bonchev–Trinajstić information content (AvgIpc) is 3.08. The quantitative estimate of drug-likeness (QED) is 0.792. The summed E-state index contributed by atoms with van der Waals surface area (Å²) in [5.74, 6) is 0.345. The van der Waals surface area contributed by atoms with Crippen molar-refractivity contribution in [2.75, 3.05) is 13.2 Å². The van der Waals surface area contributed by atoms with Crippen LogP contribution in [0.2, 0.25) is 0 Å². The van der Waals surface area contributed by atoms with Gasteiger partial charge in [-0.3, -0.25) is 4.79 Å². The molecule has 2 atom stereocenters. The summed E-state index contributed by atoms with van der Waals surface area (Å²) >= 11 is 0. The van der Waals surface area contributed by atoms with Gasteiger partial charge < -0.3 is 19.2 Å². The zero-order chi connectivity index (χ0) is 17.1. The standard InChI is InChI=1S/C19H18N2O4/c22-19(14-11-24-16-6-2-1-5-13(14)16)21-15-12-23-10-8-17(15)25-18-7-3-4-9-20-18/h1-7,9,11,15,17H,8,10,12H2,(H,21,22)/t15-,17-/m1/s1. The number of pyridine rings is 1. The first-order valence-corrected chi connectivity index (χ1v) is 8.24. The van der Waals surface area contributed by atoms with Crippen molar-refractivity contribution in [3.63, 3.8) is 0 Å². The molecule has 0 bridgehead atoms. The van der Waals surface area contributed by atoms with Crippen molar-refractivity contribution in [1.82, 2.24) is 10.3 Å². The zero-order valence-corrected chi connectivity index (χ0v) is 13.6. The van der Waals surface area contributed by atoms with Crippen LogP contribution in [0.3, 0.4) is 0 Å². The van der Waals surface area contributed by atoms with Crippen molar-refractivity contribution in [1.29, 1.82) is 0 Å². The molecule has 0 aliphatic carbocycles. The first kappa shape index (κ1) is 15.7. The average molecular weight is 338 g/mol. The van der Waals surface area contributed by atoms with Crippen LogP contribution in [0.25, 0.3) is 11.0 Å². The summed E-state index contributed by atoms with van der Waals surface area (Å²) in [6.07, 6.45) is 3.66. The van der Waals surface area contributed by atoms with E-state index < -0.39 is 0 Å². The number of fused-ring (bicyclic) bond motifs is 1. The van der Waals surface area contributed by atoms with E-state index >= 15 is 0 Å². The molecule has 0 saturated carbocycles. The van der Waals surface area contributed by atoms with E-state index in [0.717, 1.165) is 5.39 Å². The Labute approximate surface area is 144 Å². The van der Waals surface area contributed by atoms with Gasteiger partial charge in [0.05, 0.1) is 24.8 Å². The van der Waals surface area contributed by atoms with Crippen LogP contribution in [-0.4, -0.2) is 36.3 Å². The summed E-state index contributed by atoms with van der Waals surface area (Å²) in [6.45, 7) is 0.998. The molecule has 0 radical (unpaired) electrons. The Morgan fingerprint density at radius 1 is 1.20 bits per heavy atom. The number of rotatable bonds is 4. The molecule has 1 fully saturated rings. The number of nitrogens with one attached hydrogen (secondary N) is 1. The lowest BCUT2D eigenvalue weighted by Crippen LogP contribution is -2.51. The predicted molar refractivity (Wildman–Crippen MR) is 91.6 cm³/mol. The second-order valence-electron chi connectivity index (χ2n) is 5.91. The highest BCUT2D eigenvalue weighted by atomic mass is 16.5. The predicted octanol–water partition coefficient (Wildman–Crippen LogP) is 2.79. The van der Waals surface area contributed by atoms with E-state index in [1.165, 1.54) is 6.26 Å². The van der Waals surface area contributed by atoms with E-state index in [4.69, 9.17) is 13.9 Å². The normalized spacial score (nSPS) is 20.3. The monoisotopic (exact) mass is 338 g/mol. The summed E-state index contributed by atoms with van der Waals surface area (Å²) in [5.41, 5.74) is 1.20. The first-order chi connectivity index (χ1) is 12.3. The molecule has 1 saturated heterocycles. The molecule has 25 heavy (non-hydrogen) atoms. The van der Waals surface area contributed by atoms with Crippen LogP contribution in [0.4, 0.5) is 0 Å². The van der Waals surface area contributed by atoms with E-state index in [2.05, 4.69) is 10.3 Å². The van der Waals surface area contributed by atoms with Crippen molar-refractivity contribution in [3.05, 3.63) is 60.5 Å². The molecule has 3 heterocycles. The van der Waals surface area contributed by atoms with Crippen LogP contribution in [-0.2, 0) is 4.74 Å². The third kappa shape index (κ3) is 3.34. The van der Waals surface area contributed by atoms with Gasteiger partial charge in [0.2, 0.25) is 5.88 Å². The third-order valence-corrected chi connectivity index (χ3v) is 4.24. The fraction of sp³-hybridized carbons (Fsp3) is 0.263. The molecule has 0 unspecified atom stereocenters. The molecular formula is C19H18N2O4. The number of aromatic nitrogens is 1. The molecule has 1 N–H and O–H groups in total. The van der Waals surface area contributed by atoms with Crippen LogP contribution in [0.1, 0.15) is 16.8 Å². The van der Waals surface area contributed by atoms with Crippen molar-refractivity contribution >= 4 is 16.9 Å². The Hall–Kier alpha value is -2.86. The molecule has 6 heteroatoms. The molecule has 1 aliphatic rings. The molecule has 2 aromatic heterocycles. The highest BCUT2D eigenvalue weighted by molar-refractivity contribution is 6.06. The third-order valence-electron chi connectivity index (χ3n) is 4.24. The summed E-state index contributed by atoms with van der Waals surface area (Å²) in [6, 6.07) is 12.7. The van der Waals surface area contributed by atoms with Gasteiger partial charge in [0.25, 0.3) is 5.91 Å². The van der Waals surface area contributed by atoms with Crippen molar-refractivity contribution in [3.8, 4) is 5.88 Å². The van der Waals surface area contributed by atoms with Gasteiger partial charge in [0.15, 0.2) is 0 Å². The molecular weight excluding hydrogens is 320 g/mol. The number of carbonyl (C=O) groups excluding carboxylic acids is 1. The highest BCUT2D eigenvalue weighted by Gasteiger charge is 2.30. The van der Waals surface area contributed by atoms with E-state index in [1.807, 2.05) is 36.4 Å². The van der Waals surface area contributed by atoms with Gasteiger partial charge in [-0.1, -0.05) is 24.3 Å². The van der Waals surface area contributed by atoms with Gasteiger partial charge in [-0.15, -0.1) is 0 Å². The van der Waals surface area contributed by atoms with Crippen LogP contribution in [0, 0.1) is 0 Å². The van der Waals surface area contributed by atoms with E-state index in [1.54, 1.807) is 12.3 Å². The van der Waals surface area contributed by atoms with Gasteiger partial charge in [0, 0.05) is 24.1 Å². The van der Waals surface area contributed by atoms with E-state index in [-0.39, 0.29) is 18.1 Å². The van der Waals surface area contributed by atoms with Crippen LogP contribution in [0.15, 0.2) is 59.3 Å². The Kier molecular flexibility index (Phi) is 4.35. The first-order valence-electron chi connectivity index (χ1n) is 8.24. The van der Waals surface area contributed by atoms with Gasteiger partial charge in [-0.2, -0.15) is 0 Å². The number of ether oxygens (including phenoxy) is 2. The topological polar surface area (TPSA) is 73.6 Å². The number of amides is 1. The van der Waals surface area contributed by atoms with Crippen molar-refractivity contribution < 1.29 is 18.7 Å². The van der Waals surface area contributed by atoms with Crippen molar-refractivity contribution in [2.45, 2.75) is 18.6 Å². The lowest BCUT2D eigenvalue weighted by atomic mass is 10.1. The van der Waals surface area contributed by atoms with Gasteiger partial charge in [-0.25, -0.2) is 4.98 Å². The molecule has 0 spiro atoms. The maximum Gasteiger partial charge on any atom is 0.255 e. The maximum atomic E-state index is 12.7. The molecule has 1 aliphatic heterocycles. The van der Waals surface area contributed by atoms with Crippen LogP contribution in [0.5, 0.6) is 5.88 Å². The molecule has 4 rings (SSSR count). The molecule has 128 valence electrons. The summed E-state index contributed by atoms with van der Waals surface area (Å²) < 4.78 is 16.9. The number of nitrogens with zero attached hydrogens (tertiary/aromatic N) is 1. The fourth-order valence-electron chi connectivity index (χ4n) is 2.97. The minimum Gasteiger partial charge on any atom is -0.472 e. The number of carbonyl (C=O) groups is 1. The lowest BCUT2D eigenvalue weighted by molar-refractivity contribution is -0.00447. The highest BCUT2D eigenvalue weighted by Crippen LogP contribution is 2.22. The lowest BCUT2D eigenvalue weighted by Gasteiger charge is -2.31. The van der Waals surface area contributed by atoms with Gasteiger partial charge >= 0.3 is 0 Å². The van der Waals surface area contributed by atoms with E-state index in [9.17, 15) is 4.79 Å². The summed E-state index contributed by atoms with van der Waals surface area (Å²) in [5, 5.41) is 3.80. The van der Waals surface area contributed by atoms with Crippen LogP contribution >= 0.6 is 0 Å². The SMILES string of the molecule is O=C(N[C@@H]1COCC[C@H]1Oc1ccccn1)c1coc2ccccc12. The Balaban J connectivity index is 1.50. The summed E-state index contributed by atoms with van der Waals surface area (Å²) in [4.78, 5) is 16.9. The second-order valence-corrected chi connectivity index (χ2v) is 5.91. The fourth-order valence-corrected chi connectivity index (χ4v) is 2.97. The zero-order valence-electron chi connectivity index (χ0n) is 13.6. The molecule has 1 amide bonds. The minimum absolute atomic E-state index is 0.189. The number of hydrogen-bond donors (Lipinski definition) is 1. The van der Waals surface area contributed by atoms with Gasteiger partial charge in [0.1, 0.15) is 18.0 Å². The number of hydrogen-bond acceptors (Lipinski definition) is 5. The molecule has 3 aromatic rings. The smallest absolute Gasteiger partial charge is 0.255 e. The largest absolute Gasteiger partial charge is 0.472 e. The Morgan fingerprint density at radius 2 is 2.08 bits per heavy atom. The van der Waals surface area contributed by atoms with Crippen LogP contribution < -0.4 is 10.1 Å². The number of benzene rings is 1. The Morgan fingerprint density at radius 3 is 2.96 bits per heavy atom. The summed E-state index contributed by atoms with van der Waals surface area (Å²) in [7, 11) is 0. The Bertz CT molecular complexity index is 862. The number of furan rings is 1. The molecule has 1 aromatic carbocycles. The number of para-hydroxylation sites is 1. The van der Waals surface area contributed by atoms with E-state index in [0.29, 0.717) is 36.7 Å². The molecule has 6 nitrogen and oxygen atoms in total. The van der Waals surface area contributed by atoms with Gasteiger partial charge in [-0.05, 0) is 12.1 Å².